The van der Waals surface area contributed by atoms with E-state index < -0.39 is 11.7 Å². The van der Waals surface area contributed by atoms with Crippen LogP contribution in [0.2, 0.25) is 0 Å². The summed E-state index contributed by atoms with van der Waals surface area (Å²) in [6.07, 6.45) is -4.36. The summed E-state index contributed by atoms with van der Waals surface area (Å²) in [6.45, 7) is 0.0296. The van der Waals surface area contributed by atoms with E-state index in [0.29, 0.717) is 5.56 Å². The summed E-state index contributed by atoms with van der Waals surface area (Å²) in [6, 6.07) is 4.32. The Morgan fingerprint density at radius 2 is 1.88 bits per heavy atom. The molecule has 0 spiro atoms. The molecule has 0 amide bonds. The van der Waals surface area contributed by atoms with Crippen molar-refractivity contribution < 1.29 is 23.1 Å². The topological polar surface area (TPSA) is 41.8 Å². The zero-order chi connectivity index (χ0) is 12.2. The molecule has 0 fully saturated rings. The summed E-state index contributed by atoms with van der Waals surface area (Å²) < 4.78 is 41.5. The molecule has 0 unspecified atom stereocenters. The molecule has 0 atom stereocenters. The second-order valence-electron chi connectivity index (χ2n) is 3.05. The molecule has 88 valence electrons. The Morgan fingerprint density at radius 3 is 2.25 bits per heavy atom. The van der Waals surface area contributed by atoms with E-state index >= 15 is 0 Å². The molecule has 1 aromatic carbocycles. The van der Waals surface area contributed by atoms with Gasteiger partial charge in [0, 0.05) is 12.7 Å². The Balaban J connectivity index is 2.94. The van der Waals surface area contributed by atoms with Gasteiger partial charge in [-0.05, 0) is 12.1 Å². The van der Waals surface area contributed by atoms with Crippen molar-refractivity contribution in [1.82, 2.24) is 0 Å². The van der Waals surface area contributed by atoms with Crippen molar-refractivity contribution in [3.63, 3.8) is 0 Å². The molecule has 0 saturated carbocycles. The smallest absolute Gasteiger partial charge is 0.411 e. The van der Waals surface area contributed by atoms with Crippen LogP contribution in [-0.4, -0.2) is 24.6 Å². The van der Waals surface area contributed by atoms with Crippen LogP contribution in [0.3, 0.4) is 0 Å². The third-order valence-electron chi connectivity index (χ3n) is 1.95. The normalized spacial score (nSPS) is 12.9. The third kappa shape index (κ3) is 2.96. The van der Waals surface area contributed by atoms with Crippen LogP contribution in [0.15, 0.2) is 29.4 Å². The van der Waals surface area contributed by atoms with Crippen LogP contribution in [0.1, 0.15) is 11.1 Å². The zero-order valence-corrected chi connectivity index (χ0v) is 8.45. The first kappa shape index (κ1) is 12.5. The monoisotopic (exact) mass is 233 g/mol. The molecule has 0 radical (unpaired) electrons. The molecular formula is C10H10F3NO2. The predicted octanol–water partition coefficient (Wildman–Crippen LogP) is 2.53. The number of methoxy groups -OCH3 is 1. The minimum absolute atomic E-state index is 0.0296. The second kappa shape index (κ2) is 4.98. The molecule has 1 rings (SSSR count). The number of nitrogens with zero attached hydrogens (tertiary/aromatic N) is 1. The van der Waals surface area contributed by atoms with Gasteiger partial charge in [0.05, 0.1) is 12.2 Å². The quantitative estimate of drug-likeness (QED) is 0.495. The first-order valence-corrected chi connectivity index (χ1v) is 4.36. The van der Waals surface area contributed by atoms with Gasteiger partial charge < -0.3 is 9.94 Å². The van der Waals surface area contributed by atoms with Gasteiger partial charge in [0.1, 0.15) is 5.71 Å². The number of hydrogen-bond acceptors (Lipinski definition) is 3. The highest BCUT2D eigenvalue weighted by Crippen LogP contribution is 2.29. The van der Waals surface area contributed by atoms with Crippen molar-refractivity contribution in [1.29, 1.82) is 0 Å². The SMILES string of the molecule is COC/C(=N/O)c1ccc(C(F)(F)F)cc1. The number of alkyl halides is 3. The molecule has 0 aromatic heterocycles. The van der Waals surface area contributed by atoms with Crippen molar-refractivity contribution in [2.24, 2.45) is 5.16 Å². The van der Waals surface area contributed by atoms with Gasteiger partial charge in [-0.15, -0.1) is 0 Å². The standard InChI is InChI=1S/C10H10F3NO2/c1-16-6-9(14-15)7-2-4-8(5-3-7)10(11,12)13/h2-5,15H,6H2,1H3/b14-9-. The van der Waals surface area contributed by atoms with Gasteiger partial charge >= 0.3 is 6.18 Å². The van der Waals surface area contributed by atoms with E-state index in [2.05, 4.69) is 5.16 Å². The predicted molar refractivity (Wildman–Crippen MR) is 51.6 cm³/mol. The number of oxime groups is 1. The van der Waals surface area contributed by atoms with Crippen LogP contribution in [0.4, 0.5) is 13.2 Å². The fourth-order valence-electron chi connectivity index (χ4n) is 1.16. The molecule has 16 heavy (non-hydrogen) atoms. The largest absolute Gasteiger partial charge is 0.416 e. The van der Waals surface area contributed by atoms with E-state index in [0.717, 1.165) is 12.1 Å². The Hall–Kier alpha value is -1.56. The van der Waals surface area contributed by atoms with Crippen molar-refractivity contribution >= 4 is 5.71 Å². The maximum Gasteiger partial charge on any atom is 0.416 e. The fraction of sp³-hybridized carbons (Fsp3) is 0.300. The molecule has 0 aliphatic carbocycles. The third-order valence-corrected chi connectivity index (χ3v) is 1.95. The van der Waals surface area contributed by atoms with E-state index in [1.807, 2.05) is 0 Å². The van der Waals surface area contributed by atoms with Gasteiger partial charge in [-0.2, -0.15) is 13.2 Å². The Bertz CT molecular complexity index is 371. The lowest BCUT2D eigenvalue weighted by molar-refractivity contribution is -0.137. The molecule has 1 aromatic rings. The lowest BCUT2D eigenvalue weighted by atomic mass is 10.1. The maximum absolute atomic E-state index is 12.2. The molecule has 1 N–H and O–H groups in total. The van der Waals surface area contributed by atoms with Crippen LogP contribution < -0.4 is 0 Å². The highest BCUT2D eigenvalue weighted by molar-refractivity contribution is 6.01. The average molecular weight is 233 g/mol. The first-order valence-electron chi connectivity index (χ1n) is 4.36. The van der Waals surface area contributed by atoms with Gasteiger partial charge in [-0.3, -0.25) is 0 Å². The highest BCUT2D eigenvalue weighted by atomic mass is 19.4. The first-order chi connectivity index (χ1) is 7.49. The van der Waals surface area contributed by atoms with Crippen molar-refractivity contribution in [3.05, 3.63) is 35.4 Å². The second-order valence-corrected chi connectivity index (χ2v) is 3.05. The summed E-state index contributed by atoms with van der Waals surface area (Å²) in [4.78, 5) is 0. The lowest BCUT2D eigenvalue weighted by Gasteiger charge is -2.08. The zero-order valence-electron chi connectivity index (χ0n) is 8.45. The Morgan fingerprint density at radius 1 is 1.31 bits per heavy atom. The summed E-state index contributed by atoms with van der Waals surface area (Å²) in [5, 5.41) is 11.6. The molecule has 3 nitrogen and oxygen atoms in total. The van der Waals surface area contributed by atoms with Gasteiger partial charge in [0.2, 0.25) is 0 Å². The fourth-order valence-corrected chi connectivity index (χ4v) is 1.16. The van der Waals surface area contributed by atoms with E-state index in [4.69, 9.17) is 9.94 Å². The van der Waals surface area contributed by atoms with Crippen LogP contribution in [0, 0.1) is 0 Å². The molecular weight excluding hydrogens is 223 g/mol. The van der Waals surface area contributed by atoms with Crippen LogP contribution in [-0.2, 0) is 10.9 Å². The summed E-state index contributed by atoms with van der Waals surface area (Å²) in [5.74, 6) is 0. The molecule has 6 heteroatoms. The Labute approximate surface area is 90.1 Å². The van der Waals surface area contributed by atoms with Crippen LogP contribution in [0.5, 0.6) is 0 Å². The van der Waals surface area contributed by atoms with Gasteiger partial charge in [-0.1, -0.05) is 17.3 Å². The van der Waals surface area contributed by atoms with Crippen molar-refractivity contribution in [2.45, 2.75) is 6.18 Å². The minimum atomic E-state index is -4.36. The summed E-state index contributed by atoms with van der Waals surface area (Å²) in [5.41, 5.74) is -0.181. The van der Waals surface area contributed by atoms with Crippen LogP contribution >= 0.6 is 0 Å². The summed E-state index contributed by atoms with van der Waals surface area (Å²) in [7, 11) is 1.40. The van der Waals surface area contributed by atoms with E-state index in [9.17, 15) is 13.2 Å². The molecule has 0 aliphatic heterocycles. The minimum Gasteiger partial charge on any atom is -0.411 e. The van der Waals surface area contributed by atoms with E-state index in [-0.39, 0.29) is 12.3 Å². The van der Waals surface area contributed by atoms with Crippen molar-refractivity contribution in [3.8, 4) is 0 Å². The maximum atomic E-state index is 12.2. The number of rotatable bonds is 3. The van der Waals surface area contributed by atoms with E-state index in [1.165, 1.54) is 19.2 Å². The Kier molecular flexibility index (Phi) is 3.89. The average Bonchev–Trinajstić information content (AvgIpc) is 2.25. The van der Waals surface area contributed by atoms with Gasteiger partial charge in [0.25, 0.3) is 0 Å². The highest BCUT2D eigenvalue weighted by Gasteiger charge is 2.30. The van der Waals surface area contributed by atoms with Gasteiger partial charge in [0.15, 0.2) is 0 Å². The number of ether oxygens (including phenoxy) is 1. The van der Waals surface area contributed by atoms with Crippen LogP contribution in [0.25, 0.3) is 0 Å². The molecule has 0 saturated heterocycles. The van der Waals surface area contributed by atoms with Crippen molar-refractivity contribution in [2.75, 3.05) is 13.7 Å². The molecule has 0 aliphatic rings. The molecule has 0 bridgehead atoms. The van der Waals surface area contributed by atoms with E-state index in [1.54, 1.807) is 0 Å². The van der Waals surface area contributed by atoms with Gasteiger partial charge in [-0.25, -0.2) is 0 Å². The lowest BCUT2D eigenvalue weighted by Crippen LogP contribution is -2.10. The molecule has 0 heterocycles. The number of hydrogen-bond donors (Lipinski definition) is 1. The number of benzene rings is 1. The number of halogens is 3. The summed E-state index contributed by atoms with van der Waals surface area (Å²) >= 11 is 0.